The predicted octanol–water partition coefficient (Wildman–Crippen LogP) is 2.96. The van der Waals surface area contributed by atoms with E-state index < -0.39 is 4.92 Å². The molecule has 3 rings (SSSR count). The quantitative estimate of drug-likeness (QED) is 0.457. The van der Waals surface area contributed by atoms with E-state index in [0.29, 0.717) is 23.7 Å². The molecule has 1 aliphatic carbocycles. The zero-order valence-corrected chi connectivity index (χ0v) is 11.6. The fourth-order valence-corrected chi connectivity index (χ4v) is 2.01. The molecule has 7 nitrogen and oxygen atoms in total. The standard InChI is InChI=1S/C14H17N3O4/c18-17(19)11-4-5-12-13(8-11)21-14(16-12)15-6-1-7-20-9-10-2-3-10/h4-5,8,10H,1-3,6-7,9H2,(H,15,16). The van der Waals surface area contributed by atoms with Gasteiger partial charge in [0.15, 0.2) is 5.58 Å². The Morgan fingerprint density at radius 1 is 1.48 bits per heavy atom. The summed E-state index contributed by atoms with van der Waals surface area (Å²) in [7, 11) is 0. The first-order chi connectivity index (χ1) is 10.2. The summed E-state index contributed by atoms with van der Waals surface area (Å²) in [6.07, 6.45) is 3.46. The Morgan fingerprint density at radius 2 is 2.33 bits per heavy atom. The van der Waals surface area contributed by atoms with Crippen molar-refractivity contribution in [1.29, 1.82) is 0 Å². The average Bonchev–Trinajstić information content (AvgIpc) is 3.19. The summed E-state index contributed by atoms with van der Waals surface area (Å²) < 4.78 is 11.0. The Labute approximate surface area is 121 Å². The third-order valence-corrected chi connectivity index (χ3v) is 3.37. The van der Waals surface area contributed by atoms with Gasteiger partial charge >= 0.3 is 0 Å². The van der Waals surface area contributed by atoms with E-state index in [1.54, 1.807) is 6.07 Å². The van der Waals surface area contributed by atoms with Crippen molar-refractivity contribution in [1.82, 2.24) is 4.98 Å². The summed E-state index contributed by atoms with van der Waals surface area (Å²) in [5, 5.41) is 13.7. The number of non-ortho nitro benzene ring substituents is 1. The largest absolute Gasteiger partial charge is 0.423 e. The normalized spacial score (nSPS) is 14.5. The van der Waals surface area contributed by atoms with Crippen LogP contribution in [0.3, 0.4) is 0 Å². The molecule has 21 heavy (non-hydrogen) atoms. The van der Waals surface area contributed by atoms with Gasteiger partial charge in [-0.1, -0.05) is 0 Å². The number of oxazole rings is 1. The highest BCUT2D eigenvalue weighted by Crippen LogP contribution is 2.28. The number of rotatable bonds is 8. The van der Waals surface area contributed by atoms with Crippen molar-refractivity contribution >= 4 is 22.8 Å². The number of ether oxygens (including phenoxy) is 1. The number of nitrogens with one attached hydrogen (secondary N) is 1. The average molecular weight is 291 g/mol. The number of nitro benzene ring substituents is 1. The molecule has 112 valence electrons. The Hall–Kier alpha value is -2.15. The molecular formula is C14H17N3O4. The maximum Gasteiger partial charge on any atom is 0.295 e. The van der Waals surface area contributed by atoms with Crippen LogP contribution >= 0.6 is 0 Å². The van der Waals surface area contributed by atoms with Crippen molar-refractivity contribution < 1.29 is 14.1 Å². The third-order valence-electron chi connectivity index (χ3n) is 3.37. The fourth-order valence-electron chi connectivity index (χ4n) is 2.01. The van der Waals surface area contributed by atoms with Gasteiger partial charge in [0.25, 0.3) is 11.7 Å². The van der Waals surface area contributed by atoms with Crippen molar-refractivity contribution in [3.8, 4) is 0 Å². The second kappa shape index (κ2) is 6.09. The molecule has 0 amide bonds. The van der Waals surface area contributed by atoms with Crippen LogP contribution in [0, 0.1) is 16.0 Å². The van der Waals surface area contributed by atoms with Crippen LogP contribution in [-0.2, 0) is 4.74 Å². The molecule has 0 unspecified atom stereocenters. The van der Waals surface area contributed by atoms with E-state index in [2.05, 4.69) is 10.3 Å². The molecule has 1 aliphatic rings. The second-order valence-electron chi connectivity index (χ2n) is 5.23. The summed E-state index contributed by atoms with van der Waals surface area (Å²) in [6, 6.07) is 4.76. The number of hydrogen-bond donors (Lipinski definition) is 1. The lowest BCUT2D eigenvalue weighted by molar-refractivity contribution is -0.384. The molecule has 7 heteroatoms. The maximum atomic E-state index is 10.7. The van der Waals surface area contributed by atoms with Crippen LogP contribution in [0.15, 0.2) is 22.6 Å². The Bertz CT molecular complexity index is 636. The van der Waals surface area contributed by atoms with Crippen LogP contribution < -0.4 is 5.32 Å². The number of anilines is 1. The fraction of sp³-hybridized carbons (Fsp3) is 0.500. The minimum Gasteiger partial charge on any atom is -0.423 e. The summed E-state index contributed by atoms with van der Waals surface area (Å²) in [6.45, 7) is 2.28. The first-order valence-corrected chi connectivity index (χ1v) is 7.09. The summed E-state index contributed by atoms with van der Waals surface area (Å²) in [5.74, 6) is 0.783. The van der Waals surface area contributed by atoms with Crippen LogP contribution in [0.5, 0.6) is 0 Å². The topological polar surface area (TPSA) is 90.4 Å². The molecular weight excluding hydrogens is 274 g/mol. The van der Waals surface area contributed by atoms with E-state index in [-0.39, 0.29) is 5.69 Å². The van der Waals surface area contributed by atoms with E-state index in [0.717, 1.165) is 25.6 Å². The van der Waals surface area contributed by atoms with Crippen molar-refractivity contribution in [2.75, 3.05) is 25.1 Å². The first-order valence-electron chi connectivity index (χ1n) is 7.09. The third kappa shape index (κ3) is 3.69. The van der Waals surface area contributed by atoms with Crippen molar-refractivity contribution in [2.45, 2.75) is 19.3 Å². The highest BCUT2D eigenvalue weighted by Gasteiger charge is 2.20. The van der Waals surface area contributed by atoms with Gasteiger partial charge in [0.05, 0.1) is 11.0 Å². The number of benzene rings is 1. The summed E-state index contributed by atoms with van der Waals surface area (Å²) in [5.41, 5.74) is 1.02. The van der Waals surface area contributed by atoms with Gasteiger partial charge in [0.1, 0.15) is 5.52 Å². The van der Waals surface area contributed by atoms with Crippen LogP contribution in [0.25, 0.3) is 11.1 Å². The molecule has 1 saturated carbocycles. The van der Waals surface area contributed by atoms with Crippen LogP contribution in [-0.4, -0.2) is 29.7 Å². The minimum atomic E-state index is -0.452. The SMILES string of the molecule is O=[N+]([O-])c1ccc2nc(NCCCOCC3CC3)oc2c1. The molecule has 2 aromatic rings. The smallest absolute Gasteiger partial charge is 0.295 e. The molecule has 0 aliphatic heterocycles. The molecule has 1 aromatic carbocycles. The van der Waals surface area contributed by atoms with E-state index >= 15 is 0 Å². The van der Waals surface area contributed by atoms with Crippen molar-refractivity contribution in [2.24, 2.45) is 5.92 Å². The number of nitrogens with zero attached hydrogens (tertiary/aromatic N) is 2. The lowest BCUT2D eigenvalue weighted by atomic mass is 10.3. The first kappa shape index (κ1) is 13.8. The zero-order valence-electron chi connectivity index (χ0n) is 11.6. The van der Waals surface area contributed by atoms with Crippen LogP contribution in [0.2, 0.25) is 0 Å². The molecule has 0 radical (unpaired) electrons. The highest BCUT2D eigenvalue weighted by atomic mass is 16.6. The Balaban J connectivity index is 1.48. The number of hydrogen-bond acceptors (Lipinski definition) is 6. The van der Waals surface area contributed by atoms with E-state index in [9.17, 15) is 10.1 Å². The lowest BCUT2D eigenvalue weighted by Gasteiger charge is -2.03. The minimum absolute atomic E-state index is 0.00123. The summed E-state index contributed by atoms with van der Waals surface area (Å²) >= 11 is 0. The van der Waals surface area contributed by atoms with Crippen molar-refractivity contribution in [3.05, 3.63) is 28.3 Å². The van der Waals surface area contributed by atoms with E-state index in [4.69, 9.17) is 9.15 Å². The molecule has 1 aromatic heterocycles. The number of nitro groups is 1. The molecule has 1 heterocycles. The van der Waals surface area contributed by atoms with Gasteiger partial charge in [-0.15, -0.1) is 0 Å². The highest BCUT2D eigenvalue weighted by molar-refractivity contribution is 5.77. The second-order valence-corrected chi connectivity index (χ2v) is 5.23. The zero-order chi connectivity index (χ0) is 14.7. The van der Waals surface area contributed by atoms with Gasteiger partial charge in [-0.3, -0.25) is 10.1 Å². The summed E-state index contributed by atoms with van der Waals surface area (Å²) in [4.78, 5) is 14.5. The Morgan fingerprint density at radius 3 is 3.10 bits per heavy atom. The number of aromatic nitrogens is 1. The van der Waals surface area contributed by atoms with Gasteiger partial charge in [-0.2, -0.15) is 4.98 Å². The monoisotopic (exact) mass is 291 g/mol. The molecule has 0 saturated heterocycles. The van der Waals surface area contributed by atoms with Crippen LogP contribution in [0.4, 0.5) is 11.7 Å². The predicted molar refractivity (Wildman–Crippen MR) is 77.3 cm³/mol. The molecule has 0 atom stereocenters. The molecule has 1 N–H and O–H groups in total. The number of fused-ring (bicyclic) bond motifs is 1. The molecule has 0 bridgehead atoms. The lowest BCUT2D eigenvalue weighted by Crippen LogP contribution is -2.06. The van der Waals surface area contributed by atoms with Gasteiger partial charge in [-0.05, 0) is 31.2 Å². The van der Waals surface area contributed by atoms with Crippen LogP contribution in [0.1, 0.15) is 19.3 Å². The Kier molecular flexibility index (Phi) is 4.01. The van der Waals surface area contributed by atoms with Gasteiger partial charge in [0.2, 0.25) is 0 Å². The van der Waals surface area contributed by atoms with E-state index in [1.807, 2.05) is 0 Å². The maximum absolute atomic E-state index is 10.7. The van der Waals surface area contributed by atoms with Gasteiger partial charge in [0, 0.05) is 25.8 Å². The van der Waals surface area contributed by atoms with Gasteiger partial charge in [-0.25, -0.2) is 0 Å². The van der Waals surface area contributed by atoms with E-state index in [1.165, 1.54) is 25.0 Å². The molecule has 1 fully saturated rings. The van der Waals surface area contributed by atoms with Crippen molar-refractivity contribution in [3.63, 3.8) is 0 Å². The molecule has 0 spiro atoms. The van der Waals surface area contributed by atoms with Gasteiger partial charge < -0.3 is 14.5 Å².